The number of halogens is 2. The van der Waals surface area contributed by atoms with Gasteiger partial charge in [-0.2, -0.15) is 0 Å². The van der Waals surface area contributed by atoms with Crippen LogP contribution in [0.5, 0.6) is 0 Å². The molecule has 0 spiro atoms. The molecule has 134 valence electrons. The van der Waals surface area contributed by atoms with Gasteiger partial charge in [0.15, 0.2) is 0 Å². The Kier molecular flexibility index (Phi) is 5.41. The third-order valence-corrected chi connectivity index (χ3v) is 5.96. The van der Waals surface area contributed by atoms with Gasteiger partial charge in [-0.05, 0) is 35.8 Å². The Bertz CT molecular complexity index is 891. The van der Waals surface area contributed by atoms with Gasteiger partial charge in [0.05, 0.1) is 10.6 Å². The van der Waals surface area contributed by atoms with Gasteiger partial charge in [0.25, 0.3) is 0 Å². The van der Waals surface area contributed by atoms with Crippen molar-refractivity contribution in [2.75, 3.05) is 31.1 Å². The van der Waals surface area contributed by atoms with E-state index in [1.165, 1.54) is 17.2 Å². The van der Waals surface area contributed by atoms with Gasteiger partial charge in [0.1, 0.15) is 0 Å². The maximum absolute atomic E-state index is 6.35. The van der Waals surface area contributed by atoms with E-state index in [1.54, 1.807) is 0 Å². The Morgan fingerprint density at radius 2 is 1.77 bits per heavy atom. The van der Waals surface area contributed by atoms with Crippen molar-refractivity contribution in [1.82, 2.24) is 14.5 Å². The Hall–Kier alpha value is -1.66. The van der Waals surface area contributed by atoms with E-state index in [1.807, 2.05) is 42.5 Å². The Labute approximate surface area is 167 Å². The average Bonchev–Trinajstić information content (AvgIpc) is 3.11. The number of rotatable bonds is 4. The molecule has 1 saturated heterocycles. The summed E-state index contributed by atoms with van der Waals surface area (Å²) in [7, 11) is 0. The van der Waals surface area contributed by atoms with E-state index in [2.05, 4.69) is 25.5 Å². The van der Waals surface area contributed by atoms with Crippen LogP contribution in [-0.4, -0.2) is 40.7 Å². The molecular weight excluding hydrogens is 387 g/mol. The van der Waals surface area contributed by atoms with Crippen molar-refractivity contribution in [3.63, 3.8) is 0 Å². The fraction of sp³-hybridized carbons (Fsp3) is 0.263. The van der Waals surface area contributed by atoms with Crippen LogP contribution in [0.1, 0.15) is 5.69 Å². The van der Waals surface area contributed by atoms with E-state index in [0.29, 0.717) is 0 Å². The smallest absolute Gasteiger partial charge is 0.0975 e. The monoisotopic (exact) mass is 404 g/mol. The summed E-state index contributed by atoms with van der Waals surface area (Å²) in [5.41, 5.74) is 3.19. The van der Waals surface area contributed by atoms with Gasteiger partial charge in [-0.1, -0.05) is 52.0 Å². The van der Waals surface area contributed by atoms with Gasteiger partial charge in [-0.3, -0.25) is 4.90 Å². The van der Waals surface area contributed by atoms with Crippen LogP contribution in [0.2, 0.25) is 10.0 Å². The second kappa shape index (κ2) is 7.92. The normalized spacial score (nSPS) is 15.4. The quantitative estimate of drug-likeness (QED) is 0.622. The third-order valence-electron chi connectivity index (χ3n) is 4.59. The lowest BCUT2D eigenvalue weighted by Gasteiger charge is -2.35. The summed E-state index contributed by atoms with van der Waals surface area (Å²) in [6.45, 7) is 4.69. The number of hydrogen-bond donors (Lipinski definition) is 0. The molecule has 2 aromatic carbocycles. The number of nitrogens with zero attached hydrogens (tertiary/aromatic N) is 4. The molecule has 0 amide bonds. The largest absolute Gasteiger partial charge is 0.369 e. The van der Waals surface area contributed by atoms with Gasteiger partial charge in [-0.15, -0.1) is 5.10 Å². The zero-order valence-corrected chi connectivity index (χ0v) is 16.4. The molecule has 1 aliphatic heterocycles. The molecular formula is C19H18Cl2N4S. The fourth-order valence-electron chi connectivity index (χ4n) is 3.21. The molecule has 1 aromatic heterocycles. The SMILES string of the molecule is Clc1cccc(N2CCN(Cc3nnsc3-c3ccccc3Cl)CC2)c1. The highest BCUT2D eigenvalue weighted by Gasteiger charge is 2.21. The van der Waals surface area contributed by atoms with Crippen LogP contribution < -0.4 is 4.90 Å². The highest BCUT2D eigenvalue weighted by molar-refractivity contribution is 7.09. The predicted octanol–water partition coefficient (Wildman–Crippen LogP) is 4.83. The van der Waals surface area contributed by atoms with Crippen LogP contribution in [0.15, 0.2) is 48.5 Å². The van der Waals surface area contributed by atoms with Crippen LogP contribution in [0.3, 0.4) is 0 Å². The van der Waals surface area contributed by atoms with E-state index >= 15 is 0 Å². The first-order chi connectivity index (χ1) is 12.7. The summed E-state index contributed by atoms with van der Waals surface area (Å²) in [5.74, 6) is 0. The summed E-state index contributed by atoms with van der Waals surface area (Å²) < 4.78 is 4.16. The molecule has 4 nitrogen and oxygen atoms in total. The van der Waals surface area contributed by atoms with Crippen molar-refractivity contribution in [3.8, 4) is 10.4 Å². The number of benzene rings is 2. The Morgan fingerprint density at radius 1 is 0.962 bits per heavy atom. The number of piperazine rings is 1. The Balaban J connectivity index is 1.43. The van der Waals surface area contributed by atoms with Crippen molar-refractivity contribution in [2.24, 2.45) is 0 Å². The van der Waals surface area contributed by atoms with E-state index < -0.39 is 0 Å². The zero-order chi connectivity index (χ0) is 17.9. The van der Waals surface area contributed by atoms with Gasteiger partial charge in [0.2, 0.25) is 0 Å². The minimum absolute atomic E-state index is 0.741. The summed E-state index contributed by atoms with van der Waals surface area (Å²) in [6.07, 6.45) is 0. The molecule has 2 heterocycles. The second-order valence-corrected chi connectivity index (χ2v) is 7.87. The molecule has 7 heteroatoms. The summed E-state index contributed by atoms with van der Waals surface area (Å²) in [6, 6.07) is 15.9. The molecule has 0 radical (unpaired) electrons. The topological polar surface area (TPSA) is 32.3 Å². The molecule has 3 aromatic rings. The van der Waals surface area contributed by atoms with E-state index in [0.717, 1.165) is 58.9 Å². The van der Waals surface area contributed by atoms with Crippen LogP contribution in [0.4, 0.5) is 5.69 Å². The predicted molar refractivity (Wildman–Crippen MR) is 109 cm³/mol. The van der Waals surface area contributed by atoms with Gasteiger partial charge in [0, 0.05) is 54.0 Å². The van der Waals surface area contributed by atoms with Crippen LogP contribution in [0.25, 0.3) is 10.4 Å². The molecule has 0 bridgehead atoms. The molecule has 1 fully saturated rings. The number of anilines is 1. The van der Waals surface area contributed by atoms with Gasteiger partial charge in [-0.25, -0.2) is 0 Å². The maximum Gasteiger partial charge on any atom is 0.0975 e. The van der Waals surface area contributed by atoms with Crippen LogP contribution in [-0.2, 0) is 6.54 Å². The van der Waals surface area contributed by atoms with E-state index in [-0.39, 0.29) is 0 Å². The van der Waals surface area contributed by atoms with Crippen LogP contribution in [0, 0.1) is 0 Å². The standard InChI is InChI=1S/C19H18Cl2N4S/c20-14-4-3-5-15(12-14)25-10-8-24(9-11-25)13-18-19(26-23-22-18)16-6-1-2-7-17(16)21/h1-7,12H,8-11,13H2. The fourth-order valence-corrected chi connectivity index (χ4v) is 4.39. The molecule has 1 aliphatic rings. The minimum Gasteiger partial charge on any atom is -0.369 e. The van der Waals surface area contributed by atoms with Crippen molar-refractivity contribution in [1.29, 1.82) is 0 Å². The lowest BCUT2D eigenvalue weighted by Crippen LogP contribution is -2.46. The second-order valence-electron chi connectivity index (χ2n) is 6.27. The first-order valence-electron chi connectivity index (χ1n) is 8.50. The third kappa shape index (κ3) is 3.86. The van der Waals surface area contributed by atoms with Crippen molar-refractivity contribution < 1.29 is 0 Å². The zero-order valence-electron chi connectivity index (χ0n) is 14.1. The molecule has 4 rings (SSSR count). The highest BCUT2D eigenvalue weighted by Crippen LogP contribution is 2.33. The number of hydrogen-bond acceptors (Lipinski definition) is 5. The van der Waals surface area contributed by atoms with E-state index in [9.17, 15) is 0 Å². The van der Waals surface area contributed by atoms with Crippen molar-refractivity contribution in [2.45, 2.75) is 6.54 Å². The minimum atomic E-state index is 0.741. The molecule has 0 saturated carbocycles. The molecule has 0 unspecified atom stereocenters. The molecule has 0 atom stereocenters. The summed E-state index contributed by atoms with van der Waals surface area (Å²) in [5, 5.41) is 5.88. The lowest BCUT2D eigenvalue weighted by atomic mass is 10.1. The highest BCUT2D eigenvalue weighted by atomic mass is 35.5. The molecule has 0 aliphatic carbocycles. The van der Waals surface area contributed by atoms with E-state index in [4.69, 9.17) is 23.2 Å². The average molecular weight is 405 g/mol. The number of aromatic nitrogens is 2. The molecule has 26 heavy (non-hydrogen) atoms. The first kappa shape index (κ1) is 17.7. The van der Waals surface area contributed by atoms with Crippen molar-refractivity contribution in [3.05, 3.63) is 64.3 Å². The van der Waals surface area contributed by atoms with Crippen LogP contribution >= 0.6 is 34.7 Å². The first-order valence-corrected chi connectivity index (χ1v) is 10.0. The Morgan fingerprint density at radius 3 is 2.54 bits per heavy atom. The van der Waals surface area contributed by atoms with Gasteiger partial charge >= 0.3 is 0 Å². The van der Waals surface area contributed by atoms with Gasteiger partial charge < -0.3 is 4.90 Å². The maximum atomic E-state index is 6.35. The lowest BCUT2D eigenvalue weighted by molar-refractivity contribution is 0.247. The summed E-state index contributed by atoms with van der Waals surface area (Å²) >= 11 is 13.9. The van der Waals surface area contributed by atoms with Crippen molar-refractivity contribution >= 4 is 40.4 Å². The summed E-state index contributed by atoms with van der Waals surface area (Å²) in [4.78, 5) is 5.85. The molecule has 0 N–H and O–H groups in total.